The fourth-order valence-electron chi connectivity index (χ4n) is 3.67. The zero-order chi connectivity index (χ0) is 38.8. The summed E-state index contributed by atoms with van der Waals surface area (Å²) in [6.07, 6.45) is -3.92. The van der Waals surface area contributed by atoms with Gasteiger partial charge in [-0.15, -0.1) is 0 Å². The van der Waals surface area contributed by atoms with Gasteiger partial charge in [0.25, 0.3) is 0 Å². The molecule has 0 unspecified atom stereocenters. The Balaban J connectivity index is 0.000000197. The molecule has 4 aromatic heterocycles. The Bertz CT molecular complexity index is 2120. The monoisotopic (exact) mass is 802 g/mol. The number of nitrogens with zero attached hydrogens (tertiary/aromatic N) is 6. The quantitative estimate of drug-likeness (QED) is 0.0950. The van der Waals surface area contributed by atoms with Gasteiger partial charge in [0.1, 0.15) is 34.7 Å². The Hall–Kier alpha value is -5.59. The van der Waals surface area contributed by atoms with E-state index in [0.717, 1.165) is 30.6 Å². The van der Waals surface area contributed by atoms with Crippen molar-refractivity contribution in [1.82, 2.24) is 29.9 Å². The van der Waals surface area contributed by atoms with E-state index in [1.54, 1.807) is 18.2 Å². The van der Waals surface area contributed by atoms with Crippen LogP contribution >= 0.6 is 34.8 Å². The van der Waals surface area contributed by atoms with Gasteiger partial charge in [-0.25, -0.2) is 33.7 Å². The lowest BCUT2D eigenvalue weighted by Crippen LogP contribution is -2.08. The van der Waals surface area contributed by atoms with Crippen molar-refractivity contribution in [3.8, 4) is 0 Å². The van der Waals surface area contributed by atoms with Gasteiger partial charge < -0.3 is 21.7 Å². The molecule has 53 heavy (non-hydrogen) atoms. The van der Waals surface area contributed by atoms with E-state index < -0.39 is 35.4 Å². The number of nitrogens with one attached hydrogen (secondary N) is 3. The molecule has 6 rings (SSSR count). The summed E-state index contributed by atoms with van der Waals surface area (Å²) in [6.45, 7) is 0. The van der Waals surface area contributed by atoms with Crippen LogP contribution in [0.15, 0.2) is 97.6 Å². The molecular weight excluding hydrogens is 783 g/mol. The van der Waals surface area contributed by atoms with E-state index in [1.165, 1.54) is 48.8 Å². The van der Waals surface area contributed by atoms with Crippen LogP contribution in [-0.4, -0.2) is 29.9 Å². The highest BCUT2D eigenvalue weighted by Crippen LogP contribution is 2.29. The highest BCUT2D eigenvalue weighted by atomic mass is 35.5. The number of hydrogen-bond donors (Lipinski definition) is 4. The first-order valence-electron chi connectivity index (χ1n) is 14.3. The van der Waals surface area contributed by atoms with Crippen molar-refractivity contribution < 1.29 is 35.1 Å². The molecule has 2 aromatic carbocycles. The Morgan fingerprint density at radius 3 is 1.47 bits per heavy atom. The fraction of sp³-hybridized carbons (Fsp3) is 0.0625. The number of rotatable bonds is 6. The van der Waals surface area contributed by atoms with Crippen LogP contribution in [0.3, 0.4) is 0 Å². The molecule has 0 bridgehead atoms. The second kappa shape index (κ2) is 17.8. The summed E-state index contributed by atoms with van der Waals surface area (Å²) in [5.41, 5.74) is 4.87. The van der Waals surface area contributed by atoms with Crippen LogP contribution in [0.25, 0.3) is 0 Å². The molecule has 276 valence electrons. The molecule has 0 amide bonds. The predicted octanol–water partition coefficient (Wildman–Crippen LogP) is 10.5. The van der Waals surface area contributed by atoms with Crippen molar-refractivity contribution in [3.05, 3.63) is 136 Å². The largest absolute Gasteiger partial charge is 0.433 e. The first-order valence-corrected chi connectivity index (χ1v) is 15.4. The third kappa shape index (κ3) is 12.8. The number of pyridine rings is 2. The number of anilines is 7. The van der Waals surface area contributed by atoms with Crippen molar-refractivity contribution in [2.45, 2.75) is 12.4 Å². The van der Waals surface area contributed by atoms with E-state index in [4.69, 9.17) is 40.5 Å². The predicted molar refractivity (Wildman–Crippen MR) is 185 cm³/mol. The van der Waals surface area contributed by atoms with Crippen LogP contribution in [0, 0.1) is 11.6 Å². The summed E-state index contributed by atoms with van der Waals surface area (Å²) in [7, 11) is 0. The van der Waals surface area contributed by atoms with Gasteiger partial charge in [-0.2, -0.15) is 31.3 Å². The van der Waals surface area contributed by atoms with E-state index in [2.05, 4.69) is 45.9 Å². The van der Waals surface area contributed by atoms with Gasteiger partial charge >= 0.3 is 12.4 Å². The van der Waals surface area contributed by atoms with Gasteiger partial charge in [-0.3, -0.25) is 0 Å². The molecule has 0 aliphatic carbocycles. The lowest BCUT2D eigenvalue weighted by Gasteiger charge is -2.10. The average molecular weight is 804 g/mol. The minimum Gasteiger partial charge on any atom is -0.397 e. The maximum Gasteiger partial charge on any atom is 0.433 e. The average Bonchev–Trinajstić information content (AvgIpc) is 3.09. The van der Waals surface area contributed by atoms with Crippen LogP contribution in [0.1, 0.15) is 11.4 Å². The third-order valence-corrected chi connectivity index (χ3v) is 6.81. The number of benzene rings is 2. The maximum absolute atomic E-state index is 13.2. The first-order chi connectivity index (χ1) is 25.0. The van der Waals surface area contributed by atoms with E-state index >= 15 is 0 Å². The molecule has 0 radical (unpaired) electrons. The number of hydrogen-bond acceptors (Lipinski definition) is 10. The molecule has 0 saturated carbocycles. The normalized spacial score (nSPS) is 11.0. The standard InChI is InChI=1S/C16H10ClF4N5.C10H6Cl2FN3.C6H5F3N2/c17-11-7-9(1-3-12(11)18)24-14-5-6-22-15(26-14)25-10-2-4-13(23-8-10)16(19,20)21;11-7-5-6(1-2-8(7)13)15-9-3-4-14-10(12)16-9;7-6(8,9)5-2-1-4(10)3-11-5/h1-8H,(H2,22,24,25,26);1-5H,(H,14,15,16);1-3H,10H2. The Morgan fingerprint density at radius 2 is 1.02 bits per heavy atom. The fourth-order valence-corrected chi connectivity index (χ4v) is 4.18. The van der Waals surface area contributed by atoms with Crippen LogP contribution in [0.2, 0.25) is 15.3 Å². The molecular formula is C32H21Cl3F8N10. The summed E-state index contributed by atoms with van der Waals surface area (Å²) in [4.78, 5) is 22.3. The van der Waals surface area contributed by atoms with Crippen LogP contribution < -0.4 is 21.7 Å². The summed E-state index contributed by atoms with van der Waals surface area (Å²) in [5, 5.41) is 8.74. The summed E-state index contributed by atoms with van der Waals surface area (Å²) >= 11 is 17.0. The molecule has 0 fully saturated rings. The van der Waals surface area contributed by atoms with Crippen molar-refractivity contribution in [2.24, 2.45) is 0 Å². The molecule has 21 heteroatoms. The van der Waals surface area contributed by atoms with Crippen molar-refractivity contribution >= 4 is 75.1 Å². The van der Waals surface area contributed by atoms with Crippen molar-refractivity contribution in [1.29, 1.82) is 0 Å². The molecule has 0 saturated heterocycles. The molecule has 5 N–H and O–H groups in total. The minimum absolute atomic E-state index is 0.0433. The number of halogens is 11. The molecule has 10 nitrogen and oxygen atoms in total. The topological polar surface area (TPSA) is 139 Å². The van der Waals surface area contributed by atoms with Gasteiger partial charge in [0.15, 0.2) is 0 Å². The van der Waals surface area contributed by atoms with Crippen LogP contribution in [0.4, 0.5) is 75.5 Å². The zero-order valence-corrected chi connectivity index (χ0v) is 28.4. The summed E-state index contributed by atoms with van der Waals surface area (Å²) in [6, 6.07) is 15.7. The molecule has 0 atom stereocenters. The number of nitrogens with two attached hydrogens (primary N) is 1. The van der Waals surface area contributed by atoms with Crippen molar-refractivity contribution in [3.63, 3.8) is 0 Å². The lowest BCUT2D eigenvalue weighted by molar-refractivity contribution is -0.141. The molecule has 6 aromatic rings. The smallest absolute Gasteiger partial charge is 0.397 e. The van der Waals surface area contributed by atoms with Gasteiger partial charge in [0.05, 0.1) is 33.8 Å². The van der Waals surface area contributed by atoms with E-state index in [1.807, 2.05) is 0 Å². The maximum atomic E-state index is 13.2. The first kappa shape index (κ1) is 40.2. The number of alkyl halides is 6. The zero-order valence-electron chi connectivity index (χ0n) is 26.2. The van der Waals surface area contributed by atoms with Crippen molar-refractivity contribution in [2.75, 3.05) is 21.7 Å². The second-order valence-electron chi connectivity index (χ2n) is 10.0. The minimum atomic E-state index is -4.50. The van der Waals surface area contributed by atoms with E-state index in [-0.39, 0.29) is 27.0 Å². The number of nitrogen functional groups attached to an aromatic ring is 1. The Morgan fingerprint density at radius 1 is 0.528 bits per heavy atom. The third-order valence-electron chi connectivity index (χ3n) is 6.05. The molecule has 4 heterocycles. The number of aromatic nitrogens is 6. The van der Waals surface area contributed by atoms with Gasteiger partial charge in [-0.1, -0.05) is 23.2 Å². The SMILES string of the molecule is Fc1ccc(Nc2ccnc(Cl)n2)cc1Cl.Fc1ccc(Nc2ccnc(Nc3ccc(C(F)(F)F)nc3)n2)cc1Cl.Nc1ccc(C(F)(F)F)nc1. The van der Waals surface area contributed by atoms with Crippen LogP contribution in [-0.2, 0) is 12.4 Å². The van der Waals surface area contributed by atoms with E-state index in [9.17, 15) is 35.1 Å². The second-order valence-corrected chi connectivity index (χ2v) is 11.2. The molecule has 0 spiro atoms. The Kier molecular flexibility index (Phi) is 13.5. The highest BCUT2D eigenvalue weighted by molar-refractivity contribution is 6.31. The van der Waals surface area contributed by atoms with E-state index in [0.29, 0.717) is 28.7 Å². The van der Waals surface area contributed by atoms with Gasteiger partial charge in [0.2, 0.25) is 11.2 Å². The summed E-state index contributed by atoms with van der Waals surface area (Å²) in [5.74, 6) is 0.0301. The lowest BCUT2D eigenvalue weighted by atomic mass is 10.3. The van der Waals surface area contributed by atoms with Gasteiger partial charge in [0, 0.05) is 23.8 Å². The van der Waals surface area contributed by atoms with Crippen LogP contribution in [0.5, 0.6) is 0 Å². The Labute approximate surface area is 309 Å². The summed E-state index contributed by atoms with van der Waals surface area (Å²) < 4.78 is 99.1. The highest BCUT2D eigenvalue weighted by Gasteiger charge is 2.32. The molecule has 0 aliphatic heterocycles. The van der Waals surface area contributed by atoms with Gasteiger partial charge in [-0.05, 0) is 84.4 Å². The molecule has 0 aliphatic rings.